The van der Waals surface area contributed by atoms with Crippen LogP contribution in [0.4, 0.5) is 10.1 Å². The molecule has 0 saturated heterocycles. The van der Waals surface area contributed by atoms with Gasteiger partial charge in [0.05, 0.1) is 17.0 Å². The third kappa shape index (κ3) is 2.28. The number of rotatable bonds is 2. The van der Waals surface area contributed by atoms with Crippen molar-refractivity contribution in [2.75, 3.05) is 5.01 Å². The van der Waals surface area contributed by atoms with E-state index in [0.29, 0.717) is 17.0 Å². The van der Waals surface area contributed by atoms with Gasteiger partial charge in [-0.1, -0.05) is 6.07 Å². The quantitative estimate of drug-likeness (QED) is 0.775. The lowest BCUT2D eigenvalue weighted by Crippen LogP contribution is -2.21. The molecular weight excluding hydrogens is 275 g/mol. The van der Waals surface area contributed by atoms with Gasteiger partial charge in [-0.05, 0) is 48.7 Å². The SMILES string of the molecule is CC1=NN(c2ccc(F)cc2)C(=O)/C1=C/c1cccs1. The molecule has 0 fully saturated rings. The van der Waals surface area contributed by atoms with E-state index in [2.05, 4.69) is 5.10 Å². The maximum absolute atomic E-state index is 12.9. The van der Waals surface area contributed by atoms with E-state index in [1.54, 1.807) is 18.3 Å². The summed E-state index contributed by atoms with van der Waals surface area (Å²) in [6, 6.07) is 9.58. The summed E-state index contributed by atoms with van der Waals surface area (Å²) in [6.45, 7) is 1.79. The van der Waals surface area contributed by atoms with Crippen LogP contribution in [-0.4, -0.2) is 11.6 Å². The van der Waals surface area contributed by atoms with E-state index in [4.69, 9.17) is 0 Å². The molecule has 0 bridgehead atoms. The van der Waals surface area contributed by atoms with Gasteiger partial charge in [0.25, 0.3) is 5.91 Å². The molecule has 0 N–H and O–H groups in total. The normalized spacial score (nSPS) is 16.9. The second kappa shape index (κ2) is 5.02. The molecule has 3 rings (SSSR count). The molecule has 1 amide bonds. The van der Waals surface area contributed by atoms with Crippen LogP contribution < -0.4 is 5.01 Å². The topological polar surface area (TPSA) is 32.7 Å². The summed E-state index contributed by atoms with van der Waals surface area (Å²) < 4.78 is 12.9. The van der Waals surface area contributed by atoms with Crippen LogP contribution in [0.2, 0.25) is 0 Å². The van der Waals surface area contributed by atoms with Crippen molar-refractivity contribution in [3.05, 3.63) is 58.0 Å². The average molecular weight is 286 g/mol. The lowest BCUT2D eigenvalue weighted by molar-refractivity contribution is -0.114. The van der Waals surface area contributed by atoms with Gasteiger partial charge in [0.2, 0.25) is 0 Å². The van der Waals surface area contributed by atoms with E-state index in [1.165, 1.54) is 29.3 Å². The van der Waals surface area contributed by atoms with Gasteiger partial charge in [-0.25, -0.2) is 4.39 Å². The molecule has 1 aromatic heterocycles. The highest BCUT2D eigenvalue weighted by Gasteiger charge is 2.28. The zero-order chi connectivity index (χ0) is 14.1. The predicted octanol–water partition coefficient (Wildman–Crippen LogP) is 3.69. The van der Waals surface area contributed by atoms with Crippen LogP contribution in [0.5, 0.6) is 0 Å². The minimum atomic E-state index is -0.338. The molecular formula is C15H11FN2OS. The number of carbonyl (C=O) groups is 1. The van der Waals surface area contributed by atoms with Crippen molar-refractivity contribution in [2.45, 2.75) is 6.92 Å². The molecule has 1 aliphatic heterocycles. The Balaban J connectivity index is 1.94. The highest BCUT2D eigenvalue weighted by Crippen LogP contribution is 2.25. The Morgan fingerprint density at radius 1 is 1.25 bits per heavy atom. The van der Waals surface area contributed by atoms with Crippen LogP contribution in [0, 0.1) is 5.82 Å². The number of hydrazone groups is 1. The van der Waals surface area contributed by atoms with Crippen LogP contribution in [0.15, 0.2) is 52.5 Å². The van der Waals surface area contributed by atoms with Crippen molar-refractivity contribution in [3.8, 4) is 0 Å². The fraction of sp³-hybridized carbons (Fsp3) is 0.0667. The summed E-state index contributed by atoms with van der Waals surface area (Å²) in [6.07, 6.45) is 1.83. The number of nitrogens with zero attached hydrogens (tertiary/aromatic N) is 2. The van der Waals surface area contributed by atoms with Gasteiger partial charge in [-0.3, -0.25) is 4.79 Å². The van der Waals surface area contributed by atoms with Crippen LogP contribution in [0.1, 0.15) is 11.8 Å². The first-order valence-electron chi connectivity index (χ1n) is 6.06. The maximum Gasteiger partial charge on any atom is 0.280 e. The molecule has 20 heavy (non-hydrogen) atoms. The number of amides is 1. The number of hydrogen-bond acceptors (Lipinski definition) is 3. The smallest absolute Gasteiger partial charge is 0.267 e. The third-order valence-electron chi connectivity index (χ3n) is 2.96. The van der Waals surface area contributed by atoms with Crippen molar-refractivity contribution in [1.82, 2.24) is 0 Å². The van der Waals surface area contributed by atoms with Gasteiger partial charge in [0, 0.05) is 4.88 Å². The molecule has 0 saturated carbocycles. The maximum atomic E-state index is 12.9. The van der Waals surface area contributed by atoms with Gasteiger partial charge in [0.15, 0.2) is 0 Å². The minimum Gasteiger partial charge on any atom is -0.267 e. The number of anilines is 1. The largest absolute Gasteiger partial charge is 0.280 e. The molecule has 0 radical (unpaired) electrons. The summed E-state index contributed by atoms with van der Waals surface area (Å²) in [4.78, 5) is 13.4. The van der Waals surface area contributed by atoms with Crippen LogP contribution >= 0.6 is 11.3 Å². The lowest BCUT2D eigenvalue weighted by atomic mass is 10.1. The second-order valence-electron chi connectivity index (χ2n) is 4.35. The zero-order valence-electron chi connectivity index (χ0n) is 10.7. The lowest BCUT2D eigenvalue weighted by Gasteiger charge is -2.11. The van der Waals surface area contributed by atoms with E-state index in [0.717, 1.165) is 4.88 Å². The third-order valence-corrected chi connectivity index (χ3v) is 3.78. The van der Waals surface area contributed by atoms with Crippen molar-refractivity contribution < 1.29 is 9.18 Å². The van der Waals surface area contributed by atoms with Crippen LogP contribution in [-0.2, 0) is 4.79 Å². The Bertz CT molecular complexity index is 702. The Kier molecular flexibility index (Phi) is 3.20. The molecule has 2 aromatic rings. The predicted molar refractivity (Wildman–Crippen MR) is 79.3 cm³/mol. The van der Waals surface area contributed by atoms with E-state index >= 15 is 0 Å². The van der Waals surface area contributed by atoms with Crippen molar-refractivity contribution >= 4 is 34.7 Å². The molecule has 3 nitrogen and oxygen atoms in total. The van der Waals surface area contributed by atoms with Gasteiger partial charge in [-0.15, -0.1) is 11.3 Å². The van der Waals surface area contributed by atoms with Crippen LogP contribution in [0.3, 0.4) is 0 Å². The van der Waals surface area contributed by atoms with Crippen molar-refractivity contribution in [1.29, 1.82) is 0 Å². The monoisotopic (exact) mass is 286 g/mol. The average Bonchev–Trinajstić information content (AvgIpc) is 3.04. The molecule has 0 unspecified atom stereocenters. The number of carbonyl (C=O) groups excluding carboxylic acids is 1. The van der Waals surface area contributed by atoms with Crippen molar-refractivity contribution in [3.63, 3.8) is 0 Å². The molecule has 1 aromatic carbocycles. The van der Waals surface area contributed by atoms with Gasteiger partial charge in [-0.2, -0.15) is 10.1 Å². The number of halogens is 1. The van der Waals surface area contributed by atoms with E-state index in [1.807, 2.05) is 23.6 Å². The van der Waals surface area contributed by atoms with E-state index in [9.17, 15) is 9.18 Å². The van der Waals surface area contributed by atoms with Crippen LogP contribution in [0.25, 0.3) is 6.08 Å². The number of benzene rings is 1. The molecule has 5 heteroatoms. The summed E-state index contributed by atoms with van der Waals surface area (Å²) in [7, 11) is 0. The summed E-state index contributed by atoms with van der Waals surface area (Å²) >= 11 is 1.56. The standard InChI is InChI=1S/C15H11FN2OS/c1-10-14(9-13-3-2-8-20-13)15(19)18(17-10)12-6-4-11(16)5-7-12/h2-9H,1H3/b14-9+. The fourth-order valence-corrected chi connectivity index (χ4v) is 2.61. The Morgan fingerprint density at radius 3 is 2.65 bits per heavy atom. The highest BCUT2D eigenvalue weighted by molar-refractivity contribution is 7.10. The Labute approximate surface area is 119 Å². The van der Waals surface area contributed by atoms with Gasteiger partial charge in [0.1, 0.15) is 5.82 Å². The minimum absolute atomic E-state index is 0.192. The zero-order valence-corrected chi connectivity index (χ0v) is 11.5. The first-order chi connectivity index (χ1) is 9.65. The van der Waals surface area contributed by atoms with Gasteiger partial charge < -0.3 is 0 Å². The molecule has 100 valence electrons. The molecule has 0 spiro atoms. The first kappa shape index (κ1) is 12.7. The van der Waals surface area contributed by atoms with E-state index in [-0.39, 0.29) is 11.7 Å². The highest BCUT2D eigenvalue weighted by atomic mass is 32.1. The molecule has 0 atom stereocenters. The van der Waals surface area contributed by atoms with Crippen molar-refractivity contribution in [2.24, 2.45) is 5.10 Å². The van der Waals surface area contributed by atoms with Gasteiger partial charge >= 0.3 is 0 Å². The van der Waals surface area contributed by atoms with E-state index < -0.39 is 0 Å². The fourth-order valence-electron chi connectivity index (χ4n) is 1.96. The molecule has 0 aliphatic carbocycles. The second-order valence-corrected chi connectivity index (χ2v) is 5.33. The Morgan fingerprint density at radius 2 is 2.00 bits per heavy atom. The summed E-state index contributed by atoms with van der Waals surface area (Å²) in [5, 5.41) is 7.50. The summed E-state index contributed by atoms with van der Waals surface area (Å²) in [5.41, 5.74) is 1.79. The summed E-state index contributed by atoms with van der Waals surface area (Å²) in [5.74, 6) is -0.530. The molecule has 2 heterocycles. The Hall–Kier alpha value is -2.27. The molecule has 1 aliphatic rings. The number of hydrogen-bond donors (Lipinski definition) is 0. The number of thiophene rings is 1. The first-order valence-corrected chi connectivity index (χ1v) is 6.94.